The van der Waals surface area contributed by atoms with E-state index in [0.29, 0.717) is 25.1 Å². The number of carbonyl (C=O) groups excluding carboxylic acids is 2. The van der Waals surface area contributed by atoms with Gasteiger partial charge in [0.1, 0.15) is 6.54 Å². The summed E-state index contributed by atoms with van der Waals surface area (Å²) in [7, 11) is 1.22. The van der Waals surface area contributed by atoms with E-state index in [4.69, 9.17) is 5.11 Å². The highest BCUT2D eigenvalue weighted by Crippen LogP contribution is 2.18. The Balaban J connectivity index is 2.06. The Bertz CT molecular complexity index is 699. The number of amides is 2. The number of methoxy groups -OCH3 is 1. The Morgan fingerprint density at radius 1 is 1.38 bits per heavy atom. The van der Waals surface area contributed by atoms with Crippen LogP contribution >= 0.6 is 0 Å². The van der Waals surface area contributed by atoms with Gasteiger partial charge in [-0.2, -0.15) is 0 Å². The molecule has 2 rings (SSSR count). The fourth-order valence-electron chi connectivity index (χ4n) is 2.54. The van der Waals surface area contributed by atoms with Gasteiger partial charge < -0.3 is 24.6 Å². The van der Waals surface area contributed by atoms with E-state index in [9.17, 15) is 19.2 Å². The predicted molar refractivity (Wildman–Crippen MR) is 83.7 cm³/mol. The van der Waals surface area contributed by atoms with Gasteiger partial charge in [-0.1, -0.05) is 0 Å². The van der Waals surface area contributed by atoms with E-state index >= 15 is 0 Å². The van der Waals surface area contributed by atoms with Crippen LogP contribution in [-0.2, 0) is 20.9 Å². The molecule has 0 saturated carbocycles. The second kappa shape index (κ2) is 7.62. The van der Waals surface area contributed by atoms with Crippen molar-refractivity contribution >= 4 is 23.7 Å². The summed E-state index contributed by atoms with van der Waals surface area (Å²) < 4.78 is 5.64. The molecule has 0 radical (unpaired) electrons. The van der Waals surface area contributed by atoms with Crippen molar-refractivity contribution in [2.24, 2.45) is 5.92 Å². The zero-order chi connectivity index (χ0) is 17.7. The van der Waals surface area contributed by atoms with Crippen LogP contribution in [0.25, 0.3) is 0 Å². The number of rotatable bonds is 4. The molecule has 0 unspecified atom stereocenters. The van der Waals surface area contributed by atoms with E-state index < -0.39 is 23.5 Å². The number of likely N-dealkylation sites (tertiary alicyclic amines) is 1. The lowest BCUT2D eigenvalue weighted by atomic mass is 9.97. The van der Waals surface area contributed by atoms with Crippen LogP contribution in [-0.4, -0.2) is 52.7 Å². The largest absolute Gasteiger partial charge is 0.468 e. The van der Waals surface area contributed by atoms with Gasteiger partial charge in [-0.05, 0) is 18.9 Å². The minimum Gasteiger partial charge on any atom is -0.468 e. The third-order valence-electron chi connectivity index (χ3n) is 3.84. The normalized spacial score (nSPS) is 17.2. The molecule has 9 heteroatoms. The maximum absolute atomic E-state index is 12.3. The molecule has 9 nitrogen and oxygen atoms in total. The quantitative estimate of drug-likeness (QED) is 0.766. The molecular formula is C15H19N3O6. The van der Waals surface area contributed by atoms with Gasteiger partial charge in [0.15, 0.2) is 0 Å². The summed E-state index contributed by atoms with van der Waals surface area (Å²) >= 11 is 0. The highest BCUT2D eigenvalue weighted by Gasteiger charge is 2.28. The highest BCUT2D eigenvalue weighted by molar-refractivity contribution is 5.92. The molecule has 2 heterocycles. The summed E-state index contributed by atoms with van der Waals surface area (Å²) in [6, 6.07) is 2.68. The number of nitrogens with zero attached hydrogens (tertiary/aromatic N) is 2. The minimum atomic E-state index is -1.04. The van der Waals surface area contributed by atoms with Crippen LogP contribution in [0.3, 0.4) is 0 Å². The molecule has 1 aromatic rings. The Hall–Kier alpha value is -2.84. The molecule has 1 atom stereocenters. The third kappa shape index (κ3) is 4.34. The van der Waals surface area contributed by atoms with E-state index in [1.165, 1.54) is 30.3 Å². The molecule has 2 N–H and O–H groups in total. The van der Waals surface area contributed by atoms with Crippen LogP contribution < -0.4 is 10.9 Å². The number of aromatic nitrogens is 1. The van der Waals surface area contributed by atoms with Crippen molar-refractivity contribution in [3.8, 4) is 0 Å². The van der Waals surface area contributed by atoms with Crippen molar-refractivity contribution in [3.05, 3.63) is 28.7 Å². The summed E-state index contributed by atoms with van der Waals surface area (Å²) in [5.74, 6) is -1.34. The van der Waals surface area contributed by atoms with Gasteiger partial charge in [0.25, 0.3) is 5.56 Å². The van der Waals surface area contributed by atoms with Crippen molar-refractivity contribution in [1.82, 2.24) is 9.47 Å². The van der Waals surface area contributed by atoms with Crippen molar-refractivity contribution in [1.29, 1.82) is 0 Å². The molecule has 0 bridgehead atoms. The number of ether oxygens (including phenoxy) is 1. The number of carbonyl (C=O) groups is 3. The van der Waals surface area contributed by atoms with E-state index in [1.54, 1.807) is 0 Å². The lowest BCUT2D eigenvalue weighted by molar-refractivity contribution is -0.141. The van der Waals surface area contributed by atoms with E-state index in [-0.39, 0.29) is 19.0 Å². The lowest BCUT2D eigenvalue weighted by Gasteiger charge is -2.29. The number of pyridine rings is 1. The molecule has 1 aliphatic rings. The summed E-state index contributed by atoms with van der Waals surface area (Å²) in [6.45, 7) is 0.307. The molecule has 0 spiro atoms. The summed E-state index contributed by atoms with van der Waals surface area (Å²) in [6.07, 6.45) is 1.53. The van der Waals surface area contributed by atoms with Crippen LogP contribution in [0.15, 0.2) is 23.1 Å². The summed E-state index contributed by atoms with van der Waals surface area (Å²) in [5.41, 5.74) is -0.0379. The second-order valence-corrected chi connectivity index (χ2v) is 5.52. The van der Waals surface area contributed by atoms with Gasteiger partial charge in [-0.25, -0.2) is 4.79 Å². The third-order valence-corrected chi connectivity index (χ3v) is 3.84. The number of carboxylic acid groups (broad SMARTS) is 1. The van der Waals surface area contributed by atoms with Gasteiger partial charge in [0.05, 0.1) is 18.7 Å². The van der Waals surface area contributed by atoms with E-state index in [0.717, 1.165) is 4.57 Å². The van der Waals surface area contributed by atoms with Crippen LogP contribution in [0.1, 0.15) is 12.8 Å². The number of hydrogen-bond acceptors (Lipinski definition) is 5. The Morgan fingerprint density at radius 2 is 2.12 bits per heavy atom. The van der Waals surface area contributed by atoms with Crippen LogP contribution in [0.2, 0.25) is 0 Å². The molecule has 1 aliphatic heterocycles. The Morgan fingerprint density at radius 3 is 2.79 bits per heavy atom. The standard InChI is InChI=1S/C15H19N3O6/c1-24-13(20)9-18-8-11(4-5-12(18)19)16-14(21)10-3-2-6-17(7-10)15(22)23/h4-5,8,10H,2-3,6-7,9H2,1H3,(H,16,21)(H,22,23)/t10-/m0/s1. The van der Waals surface area contributed by atoms with Crippen molar-refractivity contribution in [2.75, 3.05) is 25.5 Å². The minimum absolute atomic E-state index is 0.142. The Kier molecular flexibility index (Phi) is 5.56. The topological polar surface area (TPSA) is 118 Å². The average Bonchev–Trinajstić information content (AvgIpc) is 2.57. The van der Waals surface area contributed by atoms with Gasteiger partial charge in [-0.3, -0.25) is 14.4 Å². The fraction of sp³-hybridized carbons (Fsp3) is 0.467. The van der Waals surface area contributed by atoms with Gasteiger partial charge in [0.2, 0.25) is 5.91 Å². The van der Waals surface area contributed by atoms with Crippen LogP contribution in [0.5, 0.6) is 0 Å². The van der Waals surface area contributed by atoms with E-state index in [1.807, 2.05) is 0 Å². The monoisotopic (exact) mass is 337 g/mol. The first kappa shape index (κ1) is 17.5. The first-order valence-electron chi connectivity index (χ1n) is 7.46. The van der Waals surface area contributed by atoms with Crippen molar-refractivity contribution in [2.45, 2.75) is 19.4 Å². The number of hydrogen-bond donors (Lipinski definition) is 2. The molecule has 1 fully saturated rings. The smallest absolute Gasteiger partial charge is 0.407 e. The molecule has 0 aliphatic carbocycles. The zero-order valence-corrected chi connectivity index (χ0v) is 13.2. The molecule has 1 aromatic heterocycles. The SMILES string of the molecule is COC(=O)Cn1cc(NC(=O)[C@H]2CCCN(C(=O)O)C2)ccc1=O. The average molecular weight is 337 g/mol. The number of piperidine rings is 1. The van der Waals surface area contributed by atoms with Gasteiger partial charge in [0, 0.05) is 25.4 Å². The second-order valence-electron chi connectivity index (χ2n) is 5.52. The molecule has 1 saturated heterocycles. The first-order chi connectivity index (χ1) is 11.4. The number of nitrogens with one attached hydrogen (secondary N) is 1. The maximum atomic E-state index is 12.3. The van der Waals surface area contributed by atoms with E-state index in [2.05, 4.69) is 10.1 Å². The molecular weight excluding hydrogens is 318 g/mol. The first-order valence-corrected chi connectivity index (χ1v) is 7.46. The number of anilines is 1. The molecule has 2 amide bonds. The van der Waals surface area contributed by atoms with Gasteiger partial charge >= 0.3 is 12.1 Å². The molecule has 0 aromatic carbocycles. The van der Waals surface area contributed by atoms with Crippen LogP contribution in [0, 0.1) is 5.92 Å². The van der Waals surface area contributed by atoms with Crippen molar-refractivity contribution < 1.29 is 24.2 Å². The van der Waals surface area contributed by atoms with Crippen LogP contribution in [0.4, 0.5) is 10.5 Å². The Labute approximate surface area is 137 Å². The summed E-state index contributed by atoms with van der Waals surface area (Å²) in [5, 5.41) is 11.7. The summed E-state index contributed by atoms with van der Waals surface area (Å²) in [4.78, 5) is 47.5. The zero-order valence-electron chi connectivity index (χ0n) is 13.2. The predicted octanol–water partition coefficient (Wildman–Crippen LogP) is 0.350. The lowest BCUT2D eigenvalue weighted by Crippen LogP contribution is -2.43. The molecule has 24 heavy (non-hydrogen) atoms. The maximum Gasteiger partial charge on any atom is 0.407 e. The highest BCUT2D eigenvalue weighted by atomic mass is 16.5. The number of esters is 1. The fourth-order valence-corrected chi connectivity index (χ4v) is 2.54. The van der Waals surface area contributed by atoms with Gasteiger partial charge in [-0.15, -0.1) is 0 Å². The van der Waals surface area contributed by atoms with Crippen molar-refractivity contribution in [3.63, 3.8) is 0 Å². The molecule has 130 valence electrons.